The van der Waals surface area contributed by atoms with Gasteiger partial charge >= 0.3 is 0 Å². The molecule has 0 aliphatic heterocycles. The monoisotopic (exact) mass is 505 g/mol. The molecule has 1 aromatic carbocycles. The van der Waals surface area contributed by atoms with Gasteiger partial charge in [0.25, 0.3) is 0 Å². The van der Waals surface area contributed by atoms with E-state index < -0.39 is 0 Å². The Morgan fingerprint density at radius 2 is 1.54 bits per heavy atom. The average Bonchev–Trinajstić information content (AvgIpc) is 3.16. The molecule has 2 N–H and O–H groups in total. The number of nitrogens with zero attached hydrogens (tertiary/aromatic N) is 3. The maximum atomic E-state index is 5.21. The van der Waals surface area contributed by atoms with Crippen LogP contribution in [-0.2, 0) is 13.0 Å². The van der Waals surface area contributed by atoms with E-state index in [-0.39, 0.29) is 11.0 Å². The Hall–Kier alpha value is -2.56. The molecule has 37 heavy (non-hydrogen) atoms. The summed E-state index contributed by atoms with van der Waals surface area (Å²) in [4.78, 5) is 10.3. The number of hydrogen-bond acceptors (Lipinski definition) is 4. The molecule has 0 bridgehead atoms. The van der Waals surface area contributed by atoms with E-state index in [1.165, 1.54) is 37.7 Å². The Kier molecular flexibility index (Phi) is 10.4. The van der Waals surface area contributed by atoms with Gasteiger partial charge < -0.3 is 15.2 Å². The molecule has 0 spiro atoms. The van der Waals surface area contributed by atoms with Crippen LogP contribution in [0.4, 0.5) is 11.6 Å². The van der Waals surface area contributed by atoms with Crippen LogP contribution in [0.1, 0.15) is 111 Å². The number of unbranched alkanes of at least 4 members (excludes halogenated alkanes) is 5. The lowest BCUT2D eigenvalue weighted by Gasteiger charge is -2.34. The van der Waals surface area contributed by atoms with Crippen molar-refractivity contribution in [1.29, 1.82) is 0 Å². The highest BCUT2D eigenvalue weighted by atomic mass is 15.2. The molecule has 0 radical (unpaired) electrons. The van der Waals surface area contributed by atoms with Crippen molar-refractivity contribution in [2.24, 2.45) is 5.41 Å². The van der Waals surface area contributed by atoms with Crippen LogP contribution in [-0.4, -0.2) is 26.6 Å². The second-order valence-corrected chi connectivity index (χ2v) is 12.5. The Morgan fingerprint density at radius 3 is 2.22 bits per heavy atom. The fourth-order valence-corrected chi connectivity index (χ4v) is 5.45. The summed E-state index contributed by atoms with van der Waals surface area (Å²) < 4.78 is 2.41. The lowest BCUT2D eigenvalue weighted by Crippen LogP contribution is -2.35. The number of hydrogen-bond donors (Lipinski definition) is 2. The summed E-state index contributed by atoms with van der Waals surface area (Å²) >= 11 is 0. The topological polar surface area (TPSA) is 54.8 Å². The van der Waals surface area contributed by atoms with Gasteiger partial charge in [-0.25, -0.2) is 9.97 Å². The van der Waals surface area contributed by atoms with Gasteiger partial charge in [-0.3, -0.25) is 0 Å². The molecule has 0 aliphatic rings. The van der Waals surface area contributed by atoms with E-state index in [0.717, 1.165) is 67.3 Å². The van der Waals surface area contributed by atoms with Crippen molar-refractivity contribution >= 4 is 22.7 Å². The van der Waals surface area contributed by atoms with Gasteiger partial charge in [0.15, 0.2) is 5.82 Å². The first-order valence-electron chi connectivity index (χ1n) is 14.6. The SMILES string of the molecule is CCCCCCCNc1cc2c(nc(CCCC)n2Cc2ccccc2)c(NC(C)(C)CC(C)(C)C)n1. The molecule has 2 heterocycles. The van der Waals surface area contributed by atoms with E-state index in [2.05, 4.69) is 100 Å². The molecule has 5 nitrogen and oxygen atoms in total. The molecule has 0 amide bonds. The third-order valence-corrected chi connectivity index (χ3v) is 6.77. The zero-order chi connectivity index (χ0) is 26.9. The molecule has 3 rings (SSSR count). The van der Waals surface area contributed by atoms with Crippen LogP contribution in [0.3, 0.4) is 0 Å². The second-order valence-electron chi connectivity index (χ2n) is 12.5. The highest BCUT2D eigenvalue weighted by Gasteiger charge is 2.27. The lowest BCUT2D eigenvalue weighted by molar-refractivity contribution is 0.302. The molecule has 0 fully saturated rings. The predicted octanol–water partition coefficient (Wildman–Crippen LogP) is 8.83. The number of benzene rings is 1. The Bertz CT molecular complexity index is 1090. The number of rotatable bonds is 15. The number of aryl methyl sites for hydroxylation is 1. The normalized spacial score (nSPS) is 12.3. The van der Waals surface area contributed by atoms with Crippen LogP contribution in [0.2, 0.25) is 0 Å². The van der Waals surface area contributed by atoms with Crippen molar-refractivity contribution in [2.75, 3.05) is 17.2 Å². The van der Waals surface area contributed by atoms with Crippen molar-refractivity contribution in [3.63, 3.8) is 0 Å². The minimum absolute atomic E-state index is 0.107. The van der Waals surface area contributed by atoms with E-state index in [1.807, 2.05) is 0 Å². The van der Waals surface area contributed by atoms with Gasteiger partial charge in [-0.1, -0.05) is 97.1 Å². The lowest BCUT2D eigenvalue weighted by atomic mass is 9.82. The van der Waals surface area contributed by atoms with Gasteiger partial charge in [0.05, 0.1) is 5.52 Å². The zero-order valence-corrected chi connectivity index (χ0v) is 24.6. The maximum absolute atomic E-state index is 5.21. The van der Waals surface area contributed by atoms with Gasteiger partial charge in [0, 0.05) is 31.1 Å². The minimum Gasteiger partial charge on any atom is -0.370 e. The number of fused-ring (bicyclic) bond motifs is 1. The summed E-state index contributed by atoms with van der Waals surface area (Å²) in [5, 5.41) is 7.45. The van der Waals surface area contributed by atoms with Crippen molar-refractivity contribution in [3.8, 4) is 0 Å². The van der Waals surface area contributed by atoms with Crippen molar-refractivity contribution in [1.82, 2.24) is 14.5 Å². The first-order valence-corrected chi connectivity index (χ1v) is 14.6. The van der Waals surface area contributed by atoms with Crippen LogP contribution in [0.5, 0.6) is 0 Å². The maximum Gasteiger partial charge on any atom is 0.157 e. The number of nitrogens with one attached hydrogen (secondary N) is 2. The number of imidazole rings is 1. The summed E-state index contributed by atoms with van der Waals surface area (Å²) in [6.07, 6.45) is 10.6. The molecule has 0 unspecified atom stereocenters. The third kappa shape index (κ3) is 9.05. The average molecular weight is 506 g/mol. The fraction of sp³-hybridized carbons (Fsp3) is 0.625. The number of anilines is 2. The van der Waals surface area contributed by atoms with Gasteiger partial charge in [-0.2, -0.15) is 0 Å². The Balaban J connectivity index is 2.01. The predicted molar refractivity (Wildman–Crippen MR) is 161 cm³/mol. The van der Waals surface area contributed by atoms with E-state index in [4.69, 9.17) is 9.97 Å². The first-order chi connectivity index (χ1) is 17.6. The quantitative estimate of drug-likeness (QED) is 0.203. The minimum atomic E-state index is -0.107. The zero-order valence-electron chi connectivity index (χ0n) is 24.6. The summed E-state index contributed by atoms with van der Waals surface area (Å²) in [7, 11) is 0. The van der Waals surface area contributed by atoms with E-state index in [0.29, 0.717) is 0 Å². The smallest absolute Gasteiger partial charge is 0.157 e. The molecule has 204 valence electrons. The fourth-order valence-electron chi connectivity index (χ4n) is 5.45. The van der Waals surface area contributed by atoms with Crippen molar-refractivity contribution in [2.45, 2.75) is 118 Å². The molecule has 0 saturated carbocycles. The van der Waals surface area contributed by atoms with Crippen molar-refractivity contribution < 1.29 is 0 Å². The van der Waals surface area contributed by atoms with Crippen LogP contribution < -0.4 is 10.6 Å². The molecular formula is C32H51N5. The number of pyridine rings is 1. The highest BCUT2D eigenvalue weighted by Crippen LogP contribution is 2.33. The summed E-state index contributed by atoms with van der Waals surface area (Å²) in [6.45, 7) is 17.7. The molecule has 0 atom stereocenters. The first kappa shape index (κ1) is 29.0. The highest BCUT2D eigenvalue weighted by molar-refractivity contribution is 5.89. The van der Waals surface area contributed by atoms with Gasteiger partial charge in [-0.15, -0.1) is 0 Å². The Labute approximate surface area is 225 Å². The molecule has 2 aromatic heterocycles. The molecular weight excluding hydrogens is 454 g/mol. The third-order valence-electron chi connectivity index (χ3n) is 6.77. The molecule has 5 heteroatoms. The van der Waals surface area contributed by atoms with Crippen LogP contribution in [0.15, 0.2) is 36.4 Å². The second kappa shape index (κ2) is 13.3. The van der Waals surface area contributed by atoms with Crippen LogP contribution >= 0.6 is 0 Å². The van der Waals surface area contributed by atoms with E-state index in [9.17, 15) is 0 Å². The summed E-state index contributed by atoms with van der Waals surface area (Å²) in [5.41, 5.74) is 3.54. The van der Waals surface area contributed by atoms with Crippen molar-refractivity contribution in [3.05, 3.63) is 47.8 Å². The Morgan fingerprint density at radius 1 is 0.838 bits per heavy atom. The molecule has 3 aromatic rings. The summed E-state index contributed by atoms with van der Waals surface area (Å²) in [5.74, 6) is 2.98. The molecule has 0 aliphatic carbocycles. The molecule has 0 saturated heterocycles. The van der Waals surface area contributed by atoms with Crippen LogP contribution in [0.25, 0.3) is 11.0 Å². The van der Waals surface area contributed by atoms with Gasteiger partial charge in [0.1, 0.15) is 17.2 Å². The summed E-state index contributed by atoms with van der Waals surface area (Å²) in [6, 6.07) is 13.0. The van der Waals surface area contributed by atoms with Gasteiger partial charge in [0.2, 0.25) is 0 Å². The number of aromatic nitrogens is 3. The standard InChI is InChI=1S/C32H51N5/c1-8-10-12-13-17-21-33-27-22-26-29(30(34-27)36-32(6,7)24-31(3,4)5)35-28(20-11-9-2)37(26)23-25-18-15-14-16-19-25/h14-16,18-19,22H,8-13,17,20-21,23-24H2,1-7H3,(H2,33,34,36). The van der Waals surface area contributed by atoms with E-state index in [1.54, 1.807) is 0 Å². The van der Waals surface area contributed by atoms with E-state index >= 15 is 0 Å². The largest absolute Gasteiger partial charge is 0.370 e. The van der Waals surface area contributed by atoms with Crippen LogP contribution in [0, 0.1) is 5.41 Å². The van der Waals surface area contributed by atoms with Gasteiger partial charge in [-0.05, 0) is 44.1 Å².